The van der Waals surface area contributed by atoms with Crippen LogP contribution in [0, 0.1) is 5.92 Å². The third-order valence-corrected chi connectivity index (χ3v) is 2.85. The van der Waals surface area contributed by atoms with Crippen LogP contribution in [0.2, 0.25) is 0 Å². The van der Waals surface area contributed by atoms with E-state index in [1.807, 2.05) is 6.92 Å². The Morgan fingerprint density at radius 1 is 1.69 bits per heavy atom. The van der Waals surface area contributed by atoms with Crippen molar-refractivity contribution in [1.29, 1.82) is 0 Å². The van der Waals surface area contributed by atoms with Crippen LogP contribution in [-0.2, 0) is 14.3 Å². The predicted octanol–water partition coefficient (Wildman–Crippen LogP) is -0.0750. The Morgan fingerprint density at radius 3 is 3.00 bits per heavy atom. The standard InChI is InChI=1S/C11H21NO4/c1-8-10(4-6-16-8)11(14)12-5-3-9(13)7-15-2/h8-10,13H,3-7H2,1-2H3,(H,12,14). The number of hydrogen-bond acceptors (Lipinski definition) is 4. The van der Waals surface area contributed by atoms with Crippen molar-refractivity contribution >= 4 is 5.91 Å². The van der Waals surface area contributed by atoms with E-state index in [0.29, 0.717) is 26.2 Å². The van der Waals surface area contributed by atoms with Gasteiger partial charge in [-0.3, -0.25) is 4.79 Å². The smallest absolute Gasteiger partial charge is 0.225 e. The van der Waals surface area contributed by atoms with Crippen LogP contribution in [0.5, 0.6) is 0 Å². The van der Waals surface area contributed by atoms with E-state index in [4.69, 9.17) is 9.47 Å². The molecule has 94 valence electrons. The van der Waals surface area contributed by atoms with Crippen molar-refractivity contribution in [2.45, 2.75) is 32.0 Å². The predicted molar refractivity (Wildman–Crippen MR) is 59.0 cm³/mol. The molecular weight excluding hydrogens is 210 g/mol. The Bertz CT molecular complexity index is 222. The zero-order valence-electron chi connectivity index (χ0n) is 9.94. The molecule has 0 spiro atoms. The molecule has 3 unspecified atom stereocenters. The summed E-state index contributed by atoms with van der Waals surface area (Å²) in [5.41, 5.74) is 0. The highest BCUT2D eigenvalue weighted by Crippen LogP contribution is 2.20. The normalized spacial score (nSPS) is 26.7. The van der Waals surface area contributed by atoms with Gasteiger partial charge in [0, 0.05) is 20.3 Å². The Morgan fingerprint density at radius 2 is 2.44 bits per heavy atom. The van der Waals surface area contributed by atoms with E-state index in [0.717, 1.165) is 6.42 Å². The molecule has 0 saturated carbocycles. The molecule has 0 bridgehead atoms. The van der Waals surface area contributed by atoms with Crippen molar-refractivity contribution in [2.24, 2.45) is 5.92 Å². The summed E-state index contributed by atoms with van der Waals surface area (Å²) < 4.78 is 10.1. The second kappa shape index (κ2) is 6.83. The highest BCUT2D eigenvalue weighted by atomic mass is 16.5. The van der Waals surface area contributed by atoms with Crippen LogP contribution in [0.25, 0.3) is 0 Å². The van der Waals surface area contributed by atoms with Crippen molar-refractivity contribution in [2.75, 3.05) is 26.9 Å². The van der Waals surface area contributed by atoms with Gasteiger partial charge in [-0.1, -0.05) is 0 Å². The minimum absolute atomic E-state index is 0.00361. The maximum atomic E-state index is 11.7. The van der Waals surface area contributed by atoms with Gasteiger partial charge in [-0.2, -0.15) is 0 Å². The maximum Gasteiger partial charge on any atom is 0.225 e. The third-order valence-electron chi connectivity index (χ3n) is 2.85. The SMILES string of the molecule is COCC(O)CCNC(=O)C1CCOC1C. The highest BCUT2D eigenvalue weighted by Gasteiger charge is 2.30. The molecule has 1 fully saturated rings. The van der Waals surface area contributed by atoms with Gasteiger partial charge in [0.1, 0.15) is 0 Å². The number of ether oxygens (including phenoxy) is 2. The lowest BCUT2D eigenvalue weighted by molar-refractivity contribution is -0.126. The van der Waals surface area contributed by atoms with Gasteiger partial charge >= 0.3 is 0 Å². The summed E-state index contributed by atoms with van der Waals surface area (Å²) in [4.78, 5) is 11.7. The number of carbonyl (C=O) groups excluding carboxylic acids is 1. The summed E-state index contributed by atoms with van der Waals surface area (Å²) in [7, 11) is 1.54. The van der Waals surface area contributed by atoms with Crippen LogP contribution in [-0.4, -0.2) is 50.1 Å². The van der Waals surface area contributed by atoms with E-state index in [9.17, 15) is 9.90 Å². The lowest BCUT2D eigenvalue weighted by Gasteiger charge is -2.15. The van der Waals surface area contributed by atoms with Crippen molar-refractivity contribution in [3.05, 3.63) is 0 Å². The number of aliphatic hydroxyl groups excluding tert-OH is 1. The van der Waals surface area contributed by atoms with Crippen molar-refractivity contribution in [3.8, 4) is 0 Å². The Kier molecular flexibility index (Phi) is 5.73. The summed E-state index contributed by atoms with van der Waals surface area (Å²) in [5, 5.41) is 12.2. The highest BCUT2D eigenvalue weighted by molar-refractivity contribution is 5.79. The van der Waals surface area contributed by atoms with Gasteiger partial charge in [-0.05, 0) is 19.8 Å². The molecule has 16 heavy (non-hydrogen) atoms. The molecule has 1 saturated heterocycles. The van der Waals surface area contributed by atoms with Crippen LogP contribution in [0.3, 0.4) is 0 Å². The van der Waals surface area contributed by atoms with E-state index in [-0.39, 0.29) is 17.9 Å². The quantitative estimate of drug-likeness (QED) is 0.671. The molecule has 5 heteroatoms. The number of rotatable bonds is 6. The summed E-state index contributed by atoms with van der Waals surface area (Å²) in [6, 6.07) is 0. The van der Waals surface area contributed by atoms with Crippen LogP contribution < -0.4 is 5.32 Å². The molecule has 1 amide bonds. The minimum atomic E-state index is -0.512. The number of aliphatic hydroxyl groups is 1. The molecule has 2 N–H and O–H groups in total. The van der Waals surface area contributed by atoms with Gasteiger partial charge in [0.05, 0.1) is 24.7 Å². The van der Waals surface area contributed by atoms with Crippen LogP contribution in [0.1, 0.15) is 19.8 Å². The molecule has 1 heterocycles. The Balaban J connectivity index is 2.15. The van der Waals surface area contributed by atoms with E-state index >= 15 is 0 Å². The number of methoxy groups -OCH3 is 1. The van der Waals surface area contributed by atoms with E-state index in [1.54, 1.807) is 7.11 Å². The average molecular weight is 231 g/mol. The van der Waals surface area contributed by atoms with Gasteiger partial charge in [0.2, 0.25) is 5.91 Å². The van der Waals surface area contributed by atoms with Crippen LogP contribution in [0.4, 0.5) is 0 Å². The third kappa shape index (κ3) is 4.08. The number of hydrogen-bond donors (Lipinski definition) is 2. The van der Waals surface area contributed by atoms with Gasteiger partial charge in [0.25, 0.3) is 0 Å². The zero-order valence-corrected chi connectivity index (χ0v) is 9.94. The van der Waals surface area contributed by atoms with Crippen LogP contribution >= 0.6 is 0 Å². The van der Waals surface area contributed by atoms with Crippen molar-refractivity contribution in [3.63, 3.8) is 0 Å². The molecule has 0 aliphatic carbocycles. The first kappa shape index (κ1) is 13.4. The number of amides is 1. The van der Waals surface area contributed by atoms with Crippen LogP contribution in [0.15, 0.2) is 0 Å². The van der Waals surface area contributed by atoms with Gasteiger partial charge in [0.15, 0.2) is 0 Å². The number of nitrogens with one attached hydrogen (secondary N) is 1. The summed E-state index contributed by atoms with van der Waals surface area (Å²) in [6.45, 7) is 3.36. The second-order valence-electron chi connectivity index (χ2n) is 4.16. The fourth-order valence-electron chi connectivity index (χ4n) is 1.84. The molecule has 1 aliphatic rings. The average Bonchev–Trinajstić information content (AvgIpc) is 2.64. The fraction of sp³-hybridized carbons (Fsp3) is 0.909. The number of carbonyl (C=O) groups is 1. The largest absolute Gasteiger partial charge is 0.391 e. The molecule has 5 nitrogen and oxygen atoms in total. The second-order valence-corrected chi connectivity index (χ2v) is 4.16. The van der Waals surface area contributed by atoms with E-state index in [2.05, 4.69) is 5.32 Å². The summed E-state index contributed by atoms with van der Waals surface area (Å²) >= 11 is 0. The summed E-state index contributed by atoms with van der Waals surface area (Å²) in [5.74, 6) is -0.0193. The topological polar surface area (TPSA) is 67.8 Å². The van der Waals surface area contributed by atoms with Gasteiger partial charge < -0.3 is 19.9 Å². The first-order valence-electron chi connectivity index (χ1n) is 5.71. The first-order valence-corrected chi connectivity index (χ1v) is 5.71. The lowest BCUT2D eigenvalue weighted by Crippen LogP contribution is -2.36. The lowest BCUT2D eigenvalue weighted by atomic mass is 10.0. The van der Waals surface area contributed by atoms with Gasteiger partial charge in [-0.15, -0.1) is 0 Å². The monoisotopic (exact) mass is 231 g/mol. The van der Waals surface area contributed by atoms with E-state index < -0.39 is 6.10 Å². The first-order chi connectivity index (χ1) is 7.65. The molecule has 0 aromatic carbocycles. The molecule has 3 atom stereocenters. The maximum absolute atomic E-state index is 11.7. The Hall–Kier alpha value is -0.650. The van der Waals surface area contributed by atoms with Gasteiger partial charge in [-0.25, -0.2) is 0 Å². The van der Waals surface area contributed by atoms with Crippen molar-refractivity contribution in [1.82, 2.24) is 5.32 Å². The molecule has 1 rings (SSSR count). The molecule has 0 aromatic rings. The molecule has 0 radical (unpaired) electrons. The summed E-state index contributed by atoms with van der Waals surface area (Å²) in [6.07, 6.45) is 0.793. The molecule has 1 aliphatic heterocycles. The fourth-order valence-corrected chi connectivity index (χ4v) is 1.84. The van der Waals surface area contributed by atoms with E-state index in [1.165, 1.54) is 0 Å². The van der Waals surface area contributed by atoms with Crippen molar-refractivity contribution < 1.29 is 19.4 Å². The Labute approximate surface area is 96.1 Å². The minimum Gasteiger partial charge on any atom is -0.391 e. The molecular formula is C11H21NO4. The molecule has 0 aromatic heterocycles. The zero-order chi connectivity index (χ0) is 12.0.